The molecule has 116 valence electrons. The predicted molar refractivity (Wildman–Crippen MR) is 83.0 cm³/mol. The molecule has 0 bridgehead atoms. The number of likely N-dealkylation sites (tertiary alicyclic amines) is 1. The maximum absolute atomic E-state index is 12.2. The Bertz CT molecular complexity index is 508. The molecule has 4 nitrogen and oxygen atoms in total. The van der Waals surface area contributed by atoms with Gasteiger partial charge < -0.3 is 0 Å². The van der Waals surface area contributed by atoms with Crippen LogP contribution in [0.1, 0.15) is 56.8 Å². The number of piperidine rings is 1. The molecule has 2 heterocycles. The second-order valence-corrected chi connectivity index (χ2v) is 6.59. The molecule has 1 aromatic rings. The molecule has 0 N–H and O–H groups in total. The molecule has 1 saturated carbocycles. The van der Waals surface area contributed by atoms with E-state index in [2.05, 4.69) is 34.6 Å². The fraction of sp³-hybridized carbons (Fsp3) is 0.765. The lowest BCUT2D eigenvalue weighted by molar-refractivity contribution is -0.123. The first-order chi connectivity index (χ1) is 10.2. The van der Waals surface area contributed by atoms with Gasteiger partial charge in [-0.3, -0.25) is 14.4 Å². The Kier molecular flexibility index (Phi) is 4.43. The number of hydrogen-bond donors (Lipinski definition) is 0. The van der Waals surface area contributed by atoms with E-state index in [4.69, 9.17) is 0 Å². The Morgan fingerprint density at radius 2 is 2.14 bits per heavy atom. The number of hydrogen-bond acceptors (Lipinski definition) is 3. The van der Waals surface area contributed by atoms with E-state index >= 15 is 0 Å². The zero-order chi connectivity index (χ0) is 14.8. The number of aromatic nitrogens is 2. The molecular formula is C17H27N3O. The number of nitrogens with zero attached hydrogens (tertiary/aromatic N) is 3. The van der Waals surface area contributed by atoms with Gasteiger partial charge in [-0.1, -0.05) is 6.42 Å². The van der Waals surface area contributed by atoms with E-state index in [1.807, 2.05) is 0 Å². The van der Waals surface area contributed by atoms with E-state index < -0.39 is 0 Å². The average Bonchev–Trinajstić information content (AvgIpc) is 3.05. The molecule has 4 heteroatoms. The first-order valence-corrected chi connectivity index (χ1v) is 8.49. The summed E-state index contributed by atoms with van der Waals surface area (Å²) >= 11 is 0. The molecule has 3 rings (SSSR count). The normalized spacial score (nSPS) is 27.4. The average molecular weight is 289 g/mol. The van der Waals surface area contributed by atoms with Crippen molar-refractivity contribution in [2.45, 2.75) is 71.5 Å². The van der Waals surface area contributed by atoms with Gasteiger partial charge in [0.05, 0.1) is 11.4 Å². The highest BCUT2D eigenvalue weighted by atomic mass is 16.1. The van der Waals surface area contributed by atoms with Crippen molar-refractivity contribution >= 4 is 5.78 Å². The van der Waals surface area contributed by atoms with Crippen LogP contribution in [0.2, 0.25) is 0 Å². The van der Waals surface area contributed by atoms with Crippen LogP contribution in [0.15, 0.2) is 6.07 Å². The monoisotopic (exact) mass is 289 g/mol. The molecule has 21 heavy (non-hydrogen) atoms. The van der Waals surface area contributed by atoms with Gasteiger partial charge in [0.25, 0.3) is 0 Å². The van der Waals surface area contributed by atoms with Gasteiger partial charge in [-0.15, -0.1) is 0 Å². The SMILES string of the molecule is CCn1nc(C)cc1CN1CCCCC1C1CCCC1=O. The molecule has 2 unspecified atom stereocenters. The molecule has 0 amide bonds. The zero-order valence-electron chi connectivity index (χ0n) is 13.3. The van der Waals surface area contributed by atoms with Crippen molar-refractivity contribution in [2.75, 3.05) is 6.54 Å². The maximum Gasteiger partial charge on any atom is 0.137 e. The van der Waals surface area contributed by atoms with Gasteiger partial charge in [-0.25, -0.2) is 0 Å². The highest BCUT2D eigenvalue weighted by Gasteiger charge is 2.36. The summed E-state index contributed by atoms with van der Waals surface area (Å²) < 4.78 is 2.11. The van der Waals surface area contributed by atoms with Crippen molar-refractivity contribution in [3.8, 4) is 0 Å². The summed E-state index contributed by atoms with van der Waals surface area (Å²) in [4.78, 5) is 14.7. The summed E-state index contributed by atoms with van der Waals surface area (Å²) in [6, 6.07) is 2.67. The molecule has 0 aromatic carbocycles. The fourth-order valence-corrected chi connectivity index (χ4v) is 4.13. The van der Waals surface area contributed by atoms with Crippen LogP contribution in [-0.4, -0.2) is 33.1 Å². The number of ketones is 1. The van der Waals surface area contributed by atoms with Gasteiger partial charge in [0, 0.05) is 31.5 Å². The summed E-state index contributed by atoms with van der Waals surface area (Å²) in [6.45, 7) is 7.20. The third kappa shape index (κ3) is 3.05. The molecule has 2 aliphatic rings. The minimum absolute atomic E-state index is 0.296. The van der Waals surface area contributed by atoms with Crippen LogP contribution in [0.25, 0.3) is 0 Å². The predicted octanol–water partition coefficient (Wildman–Crippen LogP) is 2.94. The number of carbonyl (C=O) groups excluding carboxylic acids is 1. The second kappa shape index (κ2) is 6.30. The third-order valence-corrected chi connectivity index (χ3v) is 5.13. The van der Waals surface area contributed by atoms with Crippen LogP contribution in [0.4, 0.5) is 0 Å². The number of carbonyl (C=O) groups is 1. The van der Waals surface area contributed by atoms with Crippen molar-refractivity contribution in [3.63, 3.8) is 0 Å². The van der Waals surface area contributed by atoms with Crippen LogP contribution in [-0.2, 0) is 17.9 Å². The lowest BCUT2D eigenvalue weighted by Crippen LogP contribution is -2.45. The molecule has 0 radical (unpaired) electrons. The van der Waals surface area contributed by atoms with Gasteiger partial charge >= 0.3 is 0 Å². The lowest BCUT2D eigenvalue weighted by atomic mass is 9.88. The van der Waals surface area contributed by atoms with E-state index in [9.17, 15) is 4.79 Å². The van der Waals surface area contributed by atoms with Crippen molar-refractivity contribution < 1.29 is 4.79 Å². The van der Waals surface area contributed by atoms with Gasteiger partial charge in [0.2, 0.25) is 0 Å². The van der Waals surface area contributed by atoms with Crippen LogP contribution in [0.5, 0.6) is 0 Å². The van der Waals surface area contributed by atoms with Crippen molar-refractivity contribution in [3.05, 3.63) is 17.5 Å². The molecule has 1 aromatic heterocycles. The van der Waals surface area contributed by atoms with Gasteiger partial charge in [0.15, 0.2) is 0 Å². The minimum atomic E-state index is 0.296. The van der Waals surface area contributed by atoms with Crippen molar-refractivity contribution in [1.82, 2.24) is 14.7 Å². The van der Waals surface area contributed by atoms with Crippen LogP contribution >= 0.6 is 0 Å². The fourth-order valence-electron chi connectivity index (χ4n) is 4.13. The van der Waals surface area contributed by atoms with Gasteiger partial charge in [-0.05, 0) is 52.1 Å². The summed E-state index contributed by atoms with van der Waals surface area (Å²) in [6.07, 6.45) is 6.73. The molecule has 2 fully saturated rings. The third-order valence-electron chi connectivity index (χ3n) is 5.13. The largest absolute Gasteiger partial charge is 0.299 e. The quantitative estimate of drug-likeness (QED) is 0.855. The second-order valence-electron chi connectivity index (χ2n) is 6.59. The lowest BCUT2D eigenvalue weighted by Gasteiger charge is -2.38. The molecular weight excluding hydrogens is 262 g/mol. The van der Waals surface area contributed by atoms with Crippen molar-refractivity contribution in [1.29, 1.82) is 0 Å². The first-order valence-electron chi connectivity index (χ1n) is 8.49. The van der Waals surface area contributed by atoms with Crippen molar-refractivity contribution in [2.24, 2.45) is 5.92 Å². The Hall–Kier alpha value is -1.16. The van der Waals surface area contributed by atoms with E-state index in [1.165, 1.54) is 25.0 Å². The Morgan fingerprint density at radius 1 is 1.29 bits per heavy atom. The number of rotatable bonds is 4. The summed E-state index contributed by atoms with van der Waals surface area (Å²) in [7, 11) is 0. The molecule has 2 atom stereocenters. The van der Waals surface area contributed by atoms with Crippen LogP contribution in [0, 0.1) is 12.8 Å². The maximum atomic E-state index is 12.2. The van der Waals surface area contributed by atoms with E-state index in [-0.39, 0.29) is 0 Å². The van der Waals surface area contributed by atoms with E-state index in [1.54, 1.807) is 0 Å². The van der Waals surface area contributed by atoms with Gasteiger partial charge in [-0.2, -0.15) is 5.10 Å². The van der Waals surface area contributed by atoms with Crippen LogP contribution < -0.4 is 0 Å². The highest BCUT2D eigenvalue weighted by Crippen LogP contribution is 2.33. The Labute approximate surface area is 127 Å². The standard InChI is InChI=1S/C17H27N3O/c1-3-20-14(11-13(2)18-20)12-19-10-5-4-8-16(19)15-7-6-9-17(15)21/h11,15-16H,3-10,12H2,1-2H3. The summed E-state index contributed by atoms with van der Waals surface area (Å²) in [5.41, 5.74) is 2.39. The minimum Gasteiger partial charge on any atom is -0.299 e. The number of Topliss-reactive ketones (excluding diaryl/α,β-unsaturated/α-hetero) is 1. The van der Waals surface area contributed by atoms with Crippen LogP contribution in [0.3, 0.4) is 0 Å². The molecule has 1 saturated heterocycles. The van der Waals surface area contributed by atoms with E-state index in [0.29, 0.717) is 17.7 Å². The van der Waals surface area contributed by atoms with Gasteiger partial charge in [0.1, 0.15) is 5.78 Å². The summed E-state index contributed by atoms with van der Waals surface area (Å²) in [5.74, 6) is 0.802. The summed E-state index contributed by atoms with van der Waals surface area (Å²) in [5, 5.41) is 4.56. The number of aryl methyl sites for hydroxylation is 2. The van der Waals surface area contributed by atoms with E-state index in [0.717, 1.165) is 44.6 Å². The highest BCUT2D eigenvalue weighted by molar-refractivity contribution is 5.83. The molecule has 0 spiro atoms. The topological polar surface area (TPSA) is 38.1 Å². The smallest absolute Gasteiger partial charge is 0.137 e. The first kappa shape index (κ1) is 14.8. The molecule has 1 aliphatic heterocycles. The molecule has 1 aliphatic carbocycles. The zero-order valence-corrected chi connectivity index (χ0v) is 13.3. The Morgan fingerprint density at radius 3 is 2.86 bits per heavy atom. The Balaban J connectivity index is 1.76.